The van der Waals surface area contributed by atoms with E-state index in [1.54, 1.807) is 6.08 Å². The SMILES string of the molecule is Cc1cccc2c1CCC2=CC#N. The van der Waals surface area contributed by atoms with Gasteiger partial charge in [-0.05, 0) is 42.0 Å². The van der Waals surface area contributed by atoms with Crippen molar-refractivity contribution < 1.29 is 0 Å². The molecule has 1 aromatic carbocycles. The van der Waals surface area contributed by atoms with Crippen molar-refractivity contribution >= 4 is 5.57 Å². The Bertz CT molecular complexity index is 408. The summed E-state index contributed by atoms with van der Waals surface area (Å²) in [5, 5.41) is 8.60. The number of hydrogen-bond acceptors (Lipinski definition) is 1. The molecule has 0 amide bonds. The van der Waals surface area contributed by atoms with Crippen LogP contribution in [-0.2, 0) is 6.42 Å². The van der Waals surface area contributed by atoms with Gasteiger partial charge in [0.05, 0.1) is 6.07 Å². The van der Waals surface area contributed by atoms with Crippen LogP contribution in [0.2, 0.25) is 0 Å². The fourth-order valence-corrected chi connectivity index (χ4v) is 1.96. The summed E-state index contributed by atoms with van der Waals surface area (Å²) in [5.41, 5.74) is 5.24. The van der Waals surface area contributed by atoms with Gasteiger partial charge in [0.15, 0.2) is 0 Å². The van der Waals surface area contributed by atoms with Crippen molar-refractivity contribution in [1.82, 2.24) is 0 Å². The maximum atomic E-state index is 8.60. The van der Waals surface area contributed by atoms with Gasteiger partial charge >= 0.3 is 0 Å². The van der Waals surface area contributed by atoms with E-state index in [1.807, 2.05) is 0 Å². The second-order valence-electron chi connectivity index (χ2n) is 3.40. The summed E-state index contributed by atoms with van der Waals surface area (Å²) >= 11 is 0. The Kier molecular flexibility index (Phi) is 1.90. The van der Waals surface area contributed by atoms with Crippen LogP contribution in [0.5, 0.6) is 0 Å². The van der Waals surface area contributed by atoms with E-state index in [-0.39, 0.29) is 0 Å². The molecule has 1 nitrogen and oxygen atoms in total. The zero-order chi connectivity index (χ0) is 9.26. The minimum absolute atomic E-state index is 1.02. The Morgan fingerprint density at radius 2 is 2.23 bits per heavy atom. The molecule has 64 valence electrons. The summed E-state index contributed by atoms with van der Waals surface area (Å²) in [6.07, 6.45) is 3.79. The van der Waals surface area contributed by atoms with Crippen molar-refractivity contribution in [2.75, 3.05) is 0 Å². The molecule has 0 aromatic heterocycles. The number of hydrogen-bond donors (Lipinski definition) is 0. The van der Waals surface area contributed by atoms with E-state index in [0.717, 1.165) is 12.8 Å². The van der Waals surface area contributed by atoms with Crippen molar-refractivity contribution in [3.63, 3.8) is 0 Å². The number of nitrogens with zero attached hydrogens (tertiary/aromatic N) is 1. The zero-order valence-corrected chi connectivity index (χ0v) is 7.67. The van der Waals surface area contributed by atoms with E-state index in [9.17, 15) is 0 Å². The lowest BCUT2D eigenvalue weighted by Gasteiger charge is -2.02. The average Bonchev–Trinajstić information content (AvgIpc) is 2.51. The third kappa shape index (κ3) is 1.25. The molecule has 0 N–H and O–H groups in total. The molecule has 0 saturated carbocycles. The minimum Gasteiger partial charge on any atom is -0.193 e. The summed E-state index contributed by atoms with van der Waals surface area (Å²) in [4.78, 5) is 0. The zero-order valence-electron chi connectivity index (χ0n) is 7.67. The Morgan fingerprint density at radius 3 is 3.00 bits per heavy atom. The summed E-state index contributed by atoms with van der Waals surface area (Å²) in [7, 11) is 0. The largest absolute Gasteiger partial charge is 0.193 e. The molecular formula is C12H11N. The van der Waals surface area contributed by atoms with Gasteiger partial charge < -0.3 is 0 Å². The lowest BCUT2D eigenvalue weighted by atomic mass is 10.0. The second-order valence-corrected chi connectivity index (χ2v) is 3.40. The number of benzene rings is 1. The van der Waals surface area contributed by atoms with Gasteiger partial charge in [0, 0.05) is 6.08 Å². The van der Waals surface area contributed by atoms with Gasteiger partial charge in [0.2, 0.25) is 0 Å². The molecule has 1 aliphatic rings. The van der Waals surface area contributed by atoms with E-state index < -0.39 is 0 Å². The molecule has 0 spiro atoms. The number of nitriles is 1. The lowest BCUT2D eigenvalue weighted by molar-refractivity contribution is 1.06. The van der Waals surface area contributed by atoms with Gasteiger partial charge in [0.1, 0.15) is 0 Å². The Balaban J connectivity index is 2.57. The normalized spacial score (nSPS) is 17.1. The fourth-order valence-electron chi connectivity index (χ4n) is 1.96. The van der Waals surface area contributed by atoms with Gasteiger partial charge in [-0.15, -0.1) is 0 Å². The highest BCUT2D eigenvalue weighted by Crippen LogP contribution is 2.33. The number of fused-ring (bicyclic) bond motifs is 1. The third-order valence-corrected chi connectivity index (χ3v) is 2.64. The van der Waals surface area contributed by atoms with E-state index in [1.165, 1.54) is 22.3 Å². The summed E-state index contributed by atoms with van der Waals surface area (Å²) in [5.74, 6) is 0. The Labute approximate surface area is 78.3 Å². The van der Waals surface area contributed by atoms with Crippen molar-refractivity contribution in [1.29, 1.82) is 5.26 Å². The number of aryl methyl sites for hydroxylation is 1. The monoisotopic (exact) mass is 169 g/mol. The van der Waals surface area contributed by atoms with Crippen LogP contribution in [0, 0.1) is 18.3 Å². The quantitative estimate of drug-likeness (QED) is 0.548. The Hall–Kier alpha value is -1.55. The van der Waals surface area contributed by atoms with Gasteiger partial charge in [-0.2, -0.15) is 5.26 Å². The molecule has 1 heteroatoms. The highest BCUT2D eigenvalue weighted by atomic mass is 14.2. The molecule has 0 heterocycles. The first-order valence-electron chi connectivity index (χ1n) is 4.50. The predicted octanol–water partition coefficient (Wildman–Crippen LogP) is 2.85. The highest BCUT2D eigenvalue weighted by molar-refractivity contribution is 5.74. The summed E-state index contributed by atoms with van der Waals surface area (Å²) < 4.78 is 0. The maximum absolute atomic E-state index is 8.60. The van der Waals surface area contributed by atoms with Crippen molar-refractivity contribution in [3.05, 3.63) is 41.0 Å². The molecule has 1 aliphatic carbocycles. The fraction of sp³-hybridized carbons (Fsp3) is 0.250. The van der Waals surface area contributed by atoms with E-state index in [0.29, 0.717) is 0 Å². The molecule has 0 bridgehead atoms. The predicted molar refractivity (Wildman–Crippen MR) is 53.1 cm³/mol. The van der Waals surface area contributed by atoms with Crippen LogP contribution in [0.4, 0.5) is 0 Å². The molecule has 0 unspecified atom stereocenters. The molecule has 2 rings (SSSR count). The topological polar surface area (TPSA) is 23.8 Å². The number of rotatable bonds is 0. The molecule has 1 aromatic rings. The van der Waals surface area contributed by atoms with Gasteiger partial charge in [-0.3, -0.25) is 0 Å². The van der Waals surface area contributed by atoms with E-state index in [2.05, 4.69) is 31.2 Å². The van der Waals surface area contributed by atoms with Crippen LogP contribution in [0.3, 0.4) is 0 Å². The smallest absolute Gasteiger partial charge is 0.0915 e. The van der Waals surface area contributed by atoms with Gasteiger partial charge in [-0.1, -0.05) is 18.2 Å². The van der Waals surface area contributed by atoms with Crippen LogP contribution >= 0.6 is 0 Å². The summed E-state index contributed by atoms with van der Waals surface area (Å²) in [6, 6.07) is 8.41. The van der Waals surface area contributed by atoms with Crippen LogP contribution in [0.1, 0.15) is 23.1 Å². The highest BCUT2D eigenvalue weighted by Gasteiger charge is 2.16. The standard InChI is InChI=1S/C12H11N/c1-9-3-2-4-12-10(7-8-13)5-6-11(9)12/h2-4,7H,5-6H2,1H3. The first-order valence-corrected chi connectivity index (χ1v) is 4.50. The van der Waals surface area contributed by atoms with Crippen LogP contribution in [0.15, 0.2) is 24.3 Å². The first-order chi connectivity index (χ1) is 6.33. The van der Waals surface area contributed by atoms with Crippen molar-refractivity contribution in [2.45, 2.75) is 19.8 Å². The van der Waals surface area contributed by atoms with Crippen molar-refractivity contribution in [3.8, 4) is 6.07 Å². The minimum atomic E-state index is 1.02. The first kappa shape index (κ1) is 8.07. The van der Waals surface area contributed by atoms with E-state index in [4.69, 9.17) is 5.26 Å². The molecule has 0 radical (unpaired) electrons. The second kappa shape index (κ2) is 3.06. The van der Waals surface area contributed by atoms with Gasteiger partial charge in [-0.25, -0.2) is 0 Å². The Morgan fingerprint density at radius 1 is 1.38 bits per heavy atom. The molecule has 13 heavy (non-hydrogen) atoms. The maximum Gasteiger partial charge on any atom is 0.0915 e. The lowest BCUT2D eigenvalue weighted by Crippen LogP contribution is -1.84. The third-order valence-electron chi connectivity index (χ3n) is 2.64. The molecule has 0 atom stereocenters. The molecule has 0 saturated heterocycles. The average molecular weight is 169 g/mol. The summed E-state index contributed by atoms with van der Waals surface area (Å²) in [6.45, 7) is 2.13. The van der Waals surface area contributed by atoms with Crippen molar-refractivity contribution in [2.24, 2.45) is 0 Å². The molecular weight excluding hydrogens is 158 g/mol. The van der Waals surface area contributed by atoms with Crippen LogP contribution in [-0.4, -0.2) is 0 Å². The van der Waals surface area contributed by atoms with Gasteiger partial charge in [0.25, 0.3) is 0 Å². The molecule has 0 aliphatic heterocycles. The van der Waals surface area contributed by atoms with E-state index >= 15 is 0 Å². The van der Waals surface area contributed by atoms with Crippen LogP contribution in [0.25, 0.3) is 5.57 Å². The van der Waals surface area contributed by atoms with Crippen LogP contribution < -0.4 is 0 Å². The molecule has 0 fully saturated rings. The number of allylic oxidation sites excluding steroid dienone is 2.